The van der Waals surface area contributed by atoms with Gasteiger partial charge in [0.2, 0.25) is 0 Å². The Morgan fingerprint density at radius 1 is 0.786 bits per heavy atom. The van der Waals surface area contributed by atoms with Crippen LogP contribution in [0.5, 0.6) is 5.06 Å². The smallest absolute Gasteiger partial charge is 0.175 e. The number of unbranched alkanes of at least 4 members (excludes halogenated alkanes) is 7. The molecule has 0 radical (unpaired) electrons. The van der Waals surface area contributed by atoms with Crippen molar-refractivity contribution in [3.63, 3.8) is 0 Å². The summed E-state index contributed by atoms with van der Waals surface area (Å²) in [5.74, 6) is 0.838. The average Bonchev–Trinajstić information content (AvgIpc) is 3.27. The van der Waals surface area contributed by atoms with Crippen LogP contribution in [-0.4, -0.2) is 16.6 Å². The molecule has 0 fully saturated rings. The lowest BCUT2D eigenvalue weighted by atomic mass is 10.1. The summed E-state index contributed by atoms with van der Waals surface area (Å²) in [4.78, 5) is 10.4. The van der Waals surface area contributed by atoms with Gasteiger partial charge < -0.3 is 4.74 Å². The van der Waals surface area contributed by atoms with E-state index >= 15 is 0 Å². The van der Waals surface area contributed by atoms with E-state index in [1.807, 2.05) is 12.4 Å². The number of aromatic nitrogens is 2. The molecule has 0 aliphatic rings. The number of thiophene rings is 2. The first-order chi connectivity index (χ1) is 13.8. The van der Waals surface area contributed by atoms with E-state index in [0.29, 0.717) is 0 Å². The molecule has 0 aliphatic carbocycles. The standard InChI is InChI=1S/C23H32N2OS2/c1-3-5-7-9-10-12-18-16-24-23(25-17-18)21-14-19-20(27-21)15-22(28-19)26-13-11-8-6-4-2/h14-17H,3-13H2,1-2H3. The Kier molecular flexibility index (Phi) is 8.74. The van der Waals surface area contributed by atoms with Crippen LogP contribution < -0.4 is 4.74 Å². The van der Waals surface area contributed by atoms with Crippen LogP contribution in [0.1, 0.15) is 77.2 Å². The van der Waals surface area contributed by atoms with Crippen molar-refractivity contribution in [2.45, 2.75) is 78.1 Å². The molecule has 3 nitrogen and oxygen atoms in total. The van der Waals surface area contributed by atoms with Crippen LogP contribution in [0.3, 0.4) is 0 Å². The Balaban J connectivity index is 1.51. The minimum Gasteiger partial charge on any atom is -0.484 e. The molecule has 0 saturated carbocycles. The molecule has 3 rings (SSSR count). The van der Waals surface area contributed by atoms with Crippen LogP contribution in [0.4, 0.5) is 0 Å². The normalized spacial score (nSPS) is 11.4. The fourth-order valence-electron chi connectivity index (χ4n) is 3.24. The van der Waals surface area contributed by atoms with Gasteiger partial charge in [0.05, 0.1) is 11.5 Å². The maximum absolute atomic E-state index is 5.91. The Labute approximate surface area is 177 Å². The molecule has 0 aromatic carbocycles. The van der Waals surface area contributed by atoms with Crippen molar-refractivity contribution in [1.82, 2.24) is 9.97 Å². The lowest BCUT2D eigenvalue weighted by Crippen LogP contribution is -1.95. The zero-order chi connectivity index (χ0) is 19.6. The fraction of sp³-hybridized carbons (Fsp3) is 0.565. The second kappa shape index (κ2) is 11.5. The second-order valence-electron chi connectivity index (χ2n) is 7.39. The Hall–Kier alpha value is -1.46. The van der Waals surface area contributed by atoms with Gasteiger partial charge in [-0.05, 0) is 30.9 Å². The molecule has 0 saturated heterocycles. The maximum Gasteiger partial charge on any atom is 0.175 e. The zero-order valence-electron chi connectivity index (χ0n) is 17.2. The molecule has 0 spiro atoms. The van der Waals surface area contributed by atoms with E-state index < -0.39 is 0 Å². The highest BCUT2D eigenvalue weighted by Gasteiger charge is 2.11. The van der Waals surface area contributed by atoms with E-state index in [-0.39, 0.29) is 0 Å². The second-order valence-corrected chi connectivity index (χ2v) is 9.52. The maximum atomic E-state index is 5.91. The summed E-state index contributed by atoms with van der Waals surface area (Å²) >= 11 is 3.49. The molecule has 3 aromatic heterocycles. The Bertz CT molecular complexity index is 791. The number of ether oxygens (including phenoxy) is 1. The molecule has 0 aliphatic heterocycles. The van der Waals surface area contributed by atoms with E-state index in [0.717, 1.165) is 35.2 Å². The summed E-state index contributed by atoms with van der Waals surface area (Å²) in [5.41, 5.74) is 1.25. The van der Waals surface area contributed by atoms with Crippen molar-refractivity contribution in [3.05, 3.63) is 30.1 Å². The highest BCUT2D eigenvalue weighted by atomic mass is 32.1. The molecule has 0 amide bonds. The van der Waals surface area contributed by atoms with Crippen LogP contribution in [0.15, 0.2) is 24.5 Å². The molecule has 0 unspecified atom stereocenters. The number of aryl methyl sites for hydroxylation is 1. The Morgan fingerprint density at radius 3 is 2.18 bits per heavy atom. The molecular formula is C23H32N2OS2. The van der Waals surface area contributed by atoms with E-state index in [2.05, 4.69) is 35.9 Å². The summed E-state index contributed by atoms with van der Waals surface area (Å²) in [6, 6.07) is 4.37. The average molecular weight is 417 g/mol. The summed E-state index contributed by atoms with van der Waals surface area (Å²) in [6.07, 6.45) is 16.6. The van der Waals surface area contributed by atoms with Crippen molar-refractivity contribution < 1.29 is 4.74 Å². The molecule has 3 aromatic rings. The molecule has 28 heavy (non-hydrogen) atoms. The quantitative estimate of drug-likeness (QED) is 0.266. The topological polar surface area (TPSA) is 35.0 Å². The van der Waals surface area contributed by atoms with Crippen molar-refractivity contribution in [3.8, 4) is 15.8 Å². The molecule has 0 N–H and O–H groups in total. The molecule has 0 atom stereocenters. The van der Waals surface area contributed by atoms with E-state index in [1.54, 1.807) is 22.7 Å². The van der Waals surface area contributed by atoms with Crippen LogP contribution in [0.25, 0.3) is 20.1 Å². The molecule has 0 bridgehead atoms. The number of hydrogen-bond acceptors (Lipinski definition) is 5. The van der Waals surface area contributed by atoms with Gasteiger partial charge in [-0.2, -0.15) is 0 Å². The van der Waals surface area contributed by atoms with Gasteiger partial charge in [-0.15, -0.1) is 11.3 Å². The van der Waals surface area contributed by atoms with E-state index in [9.17, 15) is 0 Å². The van der Waals surface area contributed by atoms with Gasteiger partial charge in [-0.25, -0.2) is 9.97 Å². The Morgan fingerprint density at radius 2 is 1.46 bits per heavy atom. The van der Waals surface area contributed by atoms with Gasteiger partial charge in [-0.1, -0.05) is 70.1 Å². The van der Waals surface area contributed by atoms with Crippen molar-refractivity contribution in [1.29, 1.82) is 0 Å². The predicted octanol–water partition coefficient (Wildman–Crippen LogP) is 7.89. The third kappa shape index (κ3) is 6.28. The minimum atomic E-state index is 0.823. The highest BCUT2D eigenvalue weighted by molar-refractivity contribution is 7.30. The summed E-state index contributed by atoms with van der Waals surface area (Å²) in [7, 11) is 0. The summed E-state index contributed by atoms with van der Waals surface area (Å²) < 4.78 is 8.45. The fourth-order valence-corrected chi connectivity index (χ4v) is 5.45. The first kappa shape index (κ1) is 21.3. The van der Waals surface area contributed by atoms with E-state index in [1.165, 1.54) is 66.3 Å². The van der Waals surface area contributed by atoms with Crippen LogP contribution in [-0.2, 0) is 6.42 Å². The van der Waals surface area contributed by atoms with Crippen molar-refractivity contribution in [2.75, 3.05) is 6.61 Å². The van der Waals surface area contributed by atoms with Crippen molar-refractivity contribution in [2.24, 2.45) is 0 Å². The van der Waals surface area contributed by atoms with Crippen molar-refractivity contribution >= 4 is 32.1 Å². The lowest BCUT2D eigenvalue weighted by molar-refractivity contribution is 0.314. The number of hydrogen-bond donors (Lipinski definition) is 0. The number of fused-ring (bicyclic) bond motifs is 1. The van der Waals surface area contributed by atoms with Crippen LogP contribution >= 0.6 is 22.7 Å². The number of nitrogens with zero attached hydrogens (tertiary/aromatic N) is 2. The zero-order valence-corrected chi connectivity index (χ0v) is 18.8. The first-order valence-corrected chi connectivity index (χ1v) is 12.4. The summed E-state index contributed by atoms with van der Waals surface area (Å²) in [6.45, 7) is 5.31. The number of rotatable bonds is 13. The van der Waals surface area contributed by atoms with Gasteiger partial charge >= 0.3 is 0 Å². The van der Waals surface area contributed by atoms with Gasteiger partial charge in [0, 0.05) is 27.9 Å². The minimum absolute atomic E-state index is 0.823. The highest BCUT2D eigenvalue weighted by Crippen LogP contribution is 2.40. The summed E-state index contributed by atoms with van der Waals surface area (Å²) in [5, 5.41) is 1.03. The van der Waals surface area contributed by atoms with Gasteiger partial charge in [0.15, 0.2) is 10.9 Å². The largest absolute Gasteiger partial charge is 0.484 e. The molecular weight excluding hydrogens is 384 g/mol. The van der Waals surface area contributed by atoms with E-state index in [4.69, 9.17) is 4.74 Å². The van der Waals surface area contributed by atoms with Gasteiger partial charge in [0.25, 0.3) is 0 Å². The monoisotopic (exact) mass is 416 g/mol. The lowest BCUT2D eigenvalue weighted by Gasteiger charge is -2.02. The van der Waals surface area contributed by atoms with Gasteiger partial charge in [-0.3, -0.25) is 0 Å². The molecule has 5 heteroatoms. The third-order valence-corrected chi connectivity index (χ3v) is 7.12. The molecule has 3 heterocycles. The van der Waals surface area contributed by atoms with Crippen LogP contribution in [0, 0.1) is 0 Å². The first-order valence-electron chi connectivity index (χ1n) is 10.8. The third-order valence-electron chi connectivity index (χ3n) is 4.92. The van der Waals surface area contributed by atoms with Crippen LogP contribution in [0.2, 0.25) is 0 Å². The predicted molar refractivity (Wildman–Crippen MR) is 123 cm³/mol. The molecule has 152 valence electrons. The SMILES string of the molecule is CCCCCCCc1cnc(-c2cc3sc(OCCCCCC)cc3s2)nc1. The van der Waals surface area contributed by atoms with Gasteiger partial charge in [0.1, 0.15) is 0 Å².